The summed E-state index contributed by atoms with van der Waals surface area (Å²) in [4.78, 5) is 29.2. The molecule has 1 fully saturated rings. The van der Waals surface area contributed by atoms with Crippen LogP contribution in [-0.2, 0) is 9.53 Å². The van der Waals surface area contributed by atoms with Gasteiger partial charge in [-0.1, -0.05) is 0 Å². The number of aromatic nitrogens is 1. The minimum Gasteiger partial charge on any atom is -0.468 e. The summed E-state index contributed by atoms with van der Waals surface area (Å²) in [6, 6.07) is 1.77. The summed E-state index contributed by atoms with van der Waals surface area (Å²) in [5.74, 6) is 0.0951. The number of esters is 1. The van der Waals surface area contributed by atoms with E-state index < -0.39 is 0 Å². The molecule has 0 bridgehead atoms. The second kappa shape index (κ2) is 7.08. The molecular weight excluding hydrogens is 344 g/mol. The lowest BCUT2D eigenvalue weighted by molar-refractivity contribution is -0.137. The van der Waals surface area contributed by atoms with E-state index in [2.05, 4.69) is 25.7 Å². The third-order valence-corrected chi connectivity index (χ3v) is 4.74. The Kier molecular flexibility index (Phi) is 5.42. The number of carbonyl (C=O) groups excluding carboxylic acids is 2. The van der Waals surface area contributed by atoms with Crippen molar-refractivity contribution >= 4 is 39.6 Å². The van der Waals surface area contributed by atoms with Crippen LogP contribution in [0.25, 0.3) is 0 Å². The predicted octanol–water partition coefficient (Wildman–Crippen LogP) is 1.96. The molecule has 0 spiro atoms. The van der Waals surface area contributed by atoms with Crippen LogP contribution in [0.4, 0.5) is 0 Å². The number of ether oxygens (including phenoxy) is 1. The van der Waals surface area contributed by atoms with Crippen molar-refractivity contribution in [2.45, 2.75) is 11.7 Å². The summed E-state index contributed by atoms with van der Waals surface area (Å²) in [6.45, 7) is 1.37. The molecule has 7 heteroatoms. The molecule has 1 saturated heterocycles. The van der Waals surface area contributed by atoms with Gasteiger partial charge in [-0.2, -0.15) is 0 Å². The number of halogens is 1. The maximum absolute atomic E-state index is 12.3. The highest BCUT2D eigenvalue weighted by atomic mass is 79.9. The molecule has 0 radical (unpaired) electrons. The highest BCUT2D eigenvalue weighted by Crippen LogP contribution is 2.24. The van der Waals surface area contributed by atoms with E-state index in [-0.39, 0.29) is 17.1 Å². The number of methoxy groups -OCH3 is 1. The minimum absolute atomic E-state index is 0.0139. The van der Waals surface area contributed by atoms with Gasteiger partial charge in [0.2, 0.25) is 0 Å². The molecule has 1 aromatic heterocycles. The molecule has 0 aliphatic carbocycles. The van der Waals surface area contributed by atoms with E-state index in [9.17, 15) is 9.59 Å². The quantitative estimate of drug-likeness (QED) is 0.770. The fourth-order valence-electron chi connectivity index (χ4n) is 2.00. The van der Waals surface area contributed by atoms with Gasteiger partial charge in [-0.05, 0) is 28.4 Å². The van der Waals surface area contributed by atoms with Crippen molar-refractivity contribution in [3.05, 3.63) is 28.5 Å². The van der Waals surface area contributed by atoms with Crippen LogP contribution in [0.5, 0.6) is 0 Å². The number of hydrogen-bond donors (Lipinski definition) is 0. The Labute approximate surface area is 130 Å². The number of likely N-dealkylation sites (tertiary alicyclic amines) is 1. The van der Waals surface area contributed by atoms with Crippen molar-refractivity contribution < 1.29 is 14.3 Å². The van der Waals surface area contributed by atoms with Crippen molar-refractivity contribution in [1.29, 1.82) is 0 Å². The smallest absolute Gasteiger partial charge is 0.315 e. The number of pyridine rings is 1. The zero-order valence-electron chi connectivity index (χ0n) is 11.0. The molecule has 1 aliphatic rings. The van der Waals surface area contributed by atoms with E-state index >= 15 is 0 Å². The van der Waals surface area contributed by atoms with Gasteiger partial charge in [-0.3, -0.25) is 14.6 Å². The standard InChI is InChI=1S/C13H15BrN2O3S/c1-19-12(17)8-20-11-2-3-16(7-11)13(18)9-4-10(14)6-15-5-9/h4-6,11H,2-3,7-8H2,1H3/t11-/m0/s1. The molecule has 108 valence electrons. The van der Waals surface area contributed by atoms with Crippen LogP contribution in [0, 0.1) is 0 Å². The molecule has 0 unspecified atom stereocenters. The molecule has 1 amide bonds. The fourth-order valence-corrected chi connectivity index (χ4v) is 3.42. The van der Waals surface area contributed by atoms with Gasteiger partial charge in [0.1, 0.15) is 0 Å². The Morgan fingerprint density at radius 1 is 1.55 bits per heavy atom. The average molecular weight is 359 g/mol. The molecule has 0 N–H and O–H groups in total. The number of carbonyl (C=O) groups is 2. The molecule has 1 aliphatic heterocycles. The van der Waals surface area contributed by atoms with Crippen molar-refractivity contribution in [3.63, 3.8) is 0 Å². The monoisotopic (exact) mass is 358 g/mol. The molecule has 0 saturated carbocycles. The Hall–Kier alpha value is -1.08. The maximum atomic E-state index is 12.3. The van der Waals surface area contributed by atoms with Gasteiger partial charge in [-0.15, -0.1) is 11.8 Å². The van der Waals surface area contributed by atoms with Crippen LogP contribution >= 0.6 is 27.7 Å². The van der Waals surface area contributed by atoms with E-state index in [0.717, 1.165) is 10.9 Å². The first-order valence-electron chi connectivity index (χ1n) is 6.18. The van der Waals surface area contributed by atoms with Crippen LogP contribution in [0.2, 0.25) is 0 Å². The lowest BCUT2D eigenvalue weighted by Crippen LogP contribution is -2.29. The van der Waals surface area contributed by atoms with E-state index in [4.69, 9.17) is 0 Å². The zero-order valence-corrected chi connectivity index (χ0v) is 13.4. The largest absolute Gasteiger partial charge is 0.468 e. The van der Waals surface area contributed by atoms with E-state index in [0.29, 0.717) is 24.4 Å². The van der Waals surface area contributed by atoms with Gasteiger partial charge in [-0.25, -0.2) is 0 Å². The molecular formula is C13H15BrN2O3S. The lowest BCUT2D eigenvalue weighted by atomic mass is 10.2. The topological polar surface area (TPSA) is 59.5 Å². The van der Waals surface area contributed by atoms with Crippen LogP contribution in [0.3, 0.4) is 0 Å². The van der Waals surface area contributed by atoms with E-state index in [1.54, 1.807) is 35.1 Å². The summed E-state index contributed by atoms with van der Waals surface area (Å²) in [5.41, 5.74) is 0.581. The normalized spacial score (nSPS) is 18.1. The molecule has 1 aromatic rings. The summed E-state index contributed by atoms with van der Waals surface area (Å²) >= 11 is 4.85. The van der Waals surface area contributed by atoms with Crippen LogP contribution in [-0.4, -0.2) is 53.0 Å². The molecule has 2 heterocycles. The highest BCUT2D eigenvalue weighted by Gasteiger charge is 2.27. The van der Waals surface area contributed by atoms with Crippen LogP contribution in [0.15, 0.2) is 22.9 Å². The highest BCUT2D eigenvalue weighted by molar-refractivity contribution is 9.10. The Balaban J connectivity index is 1.89. The summed E-state index contributed by atoms with van der Waals surface area (Å²) in [7, 11) is 1.38. The van der Waals surface area contributed by atoms with Crippen molar-refractivity contribution in [1.82, 2.24) is 9.88 Å². The summed E-state index contributed by atoms with van der Waals surface area (Å²) in [6.07, 6.45) is 4.12. The summed E-state index contributed by atoms with van der Waals surface area (Å²) < 4.78 is 5.40. The Morgan fingerprint density at radius 2 is 2.35 bits per heavy atom. The number of hydrogen-bond acceptors (Lipinski definition) is 5. The summed E-state index contributed by atoms with van der Waals surface area (Å²) in [5, 5.41) is 0.290. The first-order chi connectivity index (χ1) is 9.60. The van der Waals surface area contributed by atoms with Crippen LogP contribution < -0.4 is 0 Å². The van der Waals surface area contributed by atoms with Crippen molar-refractivity contribution in [2.24, 2.45) is 0 Å². The average Bonchev–Trinajstić information content (AvgIpc) is 2.92. The molecule has 0 aromatic carbocycles. The third-order valence-electron chi connectivity index (χ3n) is 3.05. The van der Waals surface area contributed by atoms with Gasteiger partial charge in [0.05, 0.1) is 18.4 Å². The molecule has 1 atom stereocenters. The van der Waals surface area contributed by atoms with E-state index in [1.807, 2.05) is 0 Å². The SMILES string of the molecule is COC(=O)CS[C@H]1CCN(C(=O)c2cncc(Br)c2)C1. The number of nitrogens with zero attached hydrogens (tertiary/aromatic N) is 2. The van der Waals surface area contributed by atoms with Gasteiger partial charge in [0, 0.05) is 35.2 Å². The Bertz CT molecular complexity index is 512. The van der Waals surface area contributed by atoms with Crippen LogP contribution in [0.1, 0.15) is 16.8 Å². The molecule has 20 heavy (non-hydrogen) atoms. The minimum atomic E-state index is -0.226. The number of thioether (sulfide) groups is 1. The Morgan fingerprint density at radius 3 is 3.05 bits per heavy atom. The lowest BCUT2D eigenvalue weighted by Gasteiger charge is -2.16. The van der Waals surface area contributed by atoms with E-state index in [1.165, 1.54) is 7.11 Å². The van der Waals surface area contributed by atoms with Crippen molar-refractivity contribution in [2.75, 3.05) is 26.0 Å². The van der Waals surface area contributed by atoms with Crippen molar-refractivity contribution in [3.8, 4) is 0 Å². The first kappa shape index (κ1) is 15.3. The second-order valence-electron chi connectivity index (χ2n) is 4.44. The first-order valence-corrected chi connectivity index (χ1v) is 8.02. The zero-order chi connectivity index (χ0) is 14.5. The van der Waals surface area contributed by atoms with Gasteiger partial charge >= 0.3 is 5.97 Å². The van der Waals surface area contributed by atoms with Gasteiger partial charge in [0.15, 0.2) is 0 Å². The molecule has 2 rings (SSSR count). The van der Waals surface area contributed by atoms with Gasteiger partial charge in [0.25, 0.3) is 5.91 Å². The number of amides is 1. The third kappa shape index (κ3) is 3.96. The maximum Gasteiger partial charge on any atom is 0.315 e. The predicted molar refractivity (Wildman–Crippen MR) is 80.7 cm³/mol. The molecule has 5 nitrogen and oxygen atoms in total. The number of rotatable bonds is 4. The second-order valence-corrected chi connectivity index (χ2v) is 6.65. The van der Waals surface area contributed by atoms with Gasteiger partial charge < -0.3 is 9.64 Å². The fraction of sp³-hybridized carbons (Fsp3) is 0.462.